The molecule has 0 aliphatic carbocycles. The maximum absolute atomic E-state index is 10.2. The number of ether oxygens (including phenoxy) is 2. The van der Waals surface area contributed by atoms with Gasteiger partial charge in [-0.15, -0.1) is 0 Å². The number of β-amino-alcohol motifs (C(OH)–C–C–N with tert-alkyl or cyclic N) is 1. The molecule has 28 heavy (non-hydrogen) atoms. The van der Waals surface area contributed by atoms with Gasteiger partial charge in [-0.3, -0.25) is 0 Å². The van der Waals surface area contributed by atoms with E-state index in [2.05, 4.69) is 25.9 Å². The lowest BCUT2D eigenvalue weighted by Gasteiger charge is -2.17. The zero-order chi connectivity index (χ0) is 19.7. The number of rotatable bonds is 4. The van der Waals surface area contributed by atoms with Gasteiger partial charge in [-0.1, -0.05) is 17.7 Å². The lowest BCUT2D eigenvalue weighted by Crippen LogP contribution is -2.24. The molecule has 0 spiro atoms. The maximum atomic E-state index is 10.2. The molecule has 0 saturated carbocycles. The number of pyridine rings is 2. The van der Waals surface area contributed by atoms with Gasteiger partial charge in [0.1, 0.15) is 5.82 Å². The number of hydrogen-bond donors (Lipinski definition) is 4. The zero-order valence-corrected chi connectivity index (χ0v) is 16.4. The molecule has 148 valence electrons. The maximum Gasteiger partial charge on any atom is 0.262 e. The van der Waals surface area contributed by atoms with Crippen molar-refractivity contribution in [2.45, 2.75) is 19.4 Å². The number of halogens is 1. The molecule has 9 heteroatoms. The van der Waals surface area contributed by atoms with Crippen LogP contribution in [-0.4, -0.2) is 48.1 Å². The molecule has 0 bridgehead atoms. The van der Waals surface area contributed by atoms with Crippen LogP contribution in [0.1, 0.15) is 17.7 Å². The van der Waals surface area contributed by atoms with Crippen molar-refractivity contribution in [3.63, 3.8) is 0 Å². The fourth-order valence-electron chi connectivity index (χ4n) is 3.33. The molecule has 0 radical (unpaired) electrons. The molecular weight excluding hydrogens is 382 g/mol. The molecule has 0 saturated heterocycles. The fourth-order valence-corrected chi connectivity index (χ4v) is 3.63. The highest BCUT2D eigenvalue weighted by molar-refractivity contribution is 6.35. The number of hydrogen-bond acceptors (Lipinski definition) is 8. The fraction of sp³-hybridized carbons (Fsp3) is 0.368. The lowest BCUT2D eigenvalue weighted by atomic mass is 9.99. The van der Waals surface area contributed by atoms with Crippen LogP contribution in [0.25, 0.3) is 5.57 Å². The summed E-state index contributed by atoms with van der Waals surface area (Å²) < 4.78 is 11.2. The number of aliphatic hydroxyl groups is 1. The Hall–Kier alpha value is -2.55. The predicted octanol–water partition coefficient (Wildman–Crippen LogP) is 2.69. The highest BCUT2D eigenvalue weighted by Gasteiger charge is 2.29. The monoisotopic (exact) mass is 403 g/mol. The van der Waals surface area contributed by atoms with Crippen molar-refractivity contribution < 1.29 is 14.6 Å². The van der Waals surface area contributed by atoms with E-state index >= 15 is 0 Å². The minimum absolute atomic E-state index is 0.0792. The molecule has 1 atom stereocenters. The van der Waals surface area contributed by atoms with Crippen LogP contribution in [0.2, 0.25) is 5.02 Å². The SMILES string of the molecule is CNc1cc(C)nc(Nc2nc3c(c(C4=CCNC[C@@H](O)C4)c2Cl)OCO3)c1. The summed E-state index contributed by atoms with van der Waals surface area (Å²) in [6, 6.07) is 3.81. The first-order valence-corrected chi connectivity index (χ1v) is 9.43. The van der Waals surface area contributed by atoms with Gasteiger partial charge in [-0.25, -0.2) is 4.98 Å². The summed E-state index contributed by atoms with van der Waals surface area (Å²) in [6.07, 6.45) is 1.95. The third-order valence-corrected chi connectivity index (χ3v) is 4.97. The largest absolute Gasteiger partial charge is 0.451 e. The third kappa shape index (κ3) is 3.71. The normalized spacial score (nSPS) is 18.4. The molecule has 2 aromatic heterocycles. The molecule has 4 rings (SSSR count). The number of aryl methyl sites for hydroxylation is 1. The first kappa shape index (κ1) is 18.8. The quantitative estimate of drug-likeness (QED) is 0.618. The second-order valence-electron chi connectivity index (χ2n) is 6.69. The summed E-state index contributed by atoms with van der Waals surface area (Å²) in [5.41, 5.74) is 3.36. The van der Waals surface area contributed by atoms with Gasteiger partial charge in [0.25, 0.3) is 5.88 Å². The van der Waals surface area contributed by atoms with Gasteiger partial charge in [-0.05, 0) is 18.6 Å². The molecule has 0 amide bonds. The minimum Gasteiger partial charge on any atom is -0.451 e. The zero-order valence-electron chi connectivity index (χ0n) is 15.7. The average Bonchev–Trinajstić information content (AvgIpc) is 3.01. The predicted molar refractivity (Wildman–Crippen MR) is 109 cm³/mol. The number of nitrogens with zero attached hydrogens (tertiary/aromatic N) is 2. The van der Waals surface area contributed by atoms with Crippen molar-refractivity contribution in [1.29, 1.82) is 0 Å². The number of aliphatic hydroxyl groups excluding tert-OH is 1. The second kappa shape index (κ2) is 7.83. The Bertz CT molecular complexity index is 934. The summed E-state index contributed by atoms with van der Waals surface area (Å²) in [6.45, 7) is 3.15. The van der Waals surface area contributed by atoms with E-state index in [9.17, 15) is 5.11 Å². The minimum atomic E-state index is -0.510. The van der Waals surface area contributed by atoms with Crippen molar-refractivity contribution >= 4 is 34.5 Å². The van der Waals surface area contributed by atoms with Gasteiger partial charge in [0.15, 0.2) is 11.6 Å². The molecular formula is C19H22ClN5O3. The Labute approximate surface area is 167 Å². The topological polar surface area (TPSA) is 101 Å². The van der Waals surface area contributed by atoms with Gasteiger partial charge in [0.05, 0.1) is 11.1 Å². The number of aromatic nitrogens is 2. The Balaban J connectivity index is 1.77. The van der Waals surface area contributed by atoms with Crippen molar-refractivity contribution in [3.05, 3.63) is 34.5 Å². The molecule has 4 heterocycles. The van der Waals surface area contributed by atoms with Crippen molar-refractivity contribution in [3.8, 4) is 11.6 Å². The van der Waals surface area contributed by atoms with Crippen LogP contribution >= 0.6 is 11.6 Å². The summed E-state index contributed by atoms with van der Waals surface area (Å²) in [5, 5.41) is 20.0. The van der Waals surface area contributed by atoms with Gasteiger partial charge in [0.2, 0.25) is 6.79 Å². The van der Waals surface area contributed by atoms with Gasteiger partial charge >= 0.3 is 0 Å². The van der Waals surface area contributed by atoms with Crippen molar-refractivity contribution in [2.75, 3.05) is 37.6 Å². The molecule has 8 nitrogen and oxygen atoms in total. The van der Waals surface area contributed by atoms with E-state index in [0.29, 0.717) is 53.4 Å². The van der Waals surface area contributed by atoms with Crippen LogP contribution in [0.15, 0.2) is 18.2 Å². The smallest absolute Gasteiger partial charge is 0.262 e. The first-order chi connectivity index (χ1) is 13.5. The lowest BCUT2D eigenvalue weighted by molar-refractivity contribution is 0.170. The number of anilines is 3. The van der Waals surface area contributed by atoms with Crippen LogP contribution in [-0.2, 0) is 0 Å². The standard InChI is InChI=1S/C19H22ClN5O3/c1-10-5-12(21-2)7-14(23-10)24-18-16(20)15(17-19(25-18)28-9-27-17)11-3-4-22-8-13(26)6-11/h3,5,7,13,22,26H,4,6,8-9H2,1-2H3,(H2,21,23,24,25)/t13-/m0/s1. The van der Waals surface area contributed by atoms with E-state index in [1.54, 1.807) is 0 Å². The molecule has 0 unspecified atom stereocenters. The van der Waals surface area contributed by atoms with Crippen LogP contribution in [0.3, 0.4) is 0 Å². The van der Waals surface area contributed by atoms with Crippen molar-refractivity contribution in [1.82, 2.24) is 15.3 Å². The van der Waals surface area contributed by atoms with E-state index < -0.39 is 6.10 Å². The van der Waals surface area contributed by atoms with E-state index in [4.69, 9.17) is 21.1 Å². The Kier molecular flexibility index (Phi) is 5.25. The highest BCUT2D eigenvalue weighted by Crippen LogP contribution is 2.46. The molecule has 2 aromatic rings. The summed E-state index contributed by atoms with van der Waals surface area (Å²) in [5.74, 6) is 1.91. The summed E-state index contributed by atoms with van der Waals surface area (Å²) >= 11 is 6.74. The molecule has 0 aromatic carbocycles. The van der Waals surface area contributed by atoms with E-state index in [0.717, 1.165) is 17.0 Å². The van der Waals surface area contributed by atoms with Crippen LogP contribution in [0, 0.1) is 6.92 Å². The summed E-state index contributed by atoms with van der Waals surface area (Å²) in [7, 11) is 1.85. The molecule has 4 N–H and O–H groups in total. The van der Waals surface area contributed by atoms with Gasteiger partial charge in [0, 0.05) is 49.6 Å². The van der Waals surface area contributed by atoms with E-state index in [-0.39, 0.29) is 6.79 Å². The Morgan fingerprint density at radius 3 is 2.96 bits per heavy atom. The van der Waals surface area contributed by atoms with Crippen LogP contribution in [0.5, 0.6) is 11.6 Å². The Morgan fingerprint density at radius 2 is 2.14 bits per heavy atom. The Morgan fingerprint density at radius 1 is 1.29 bits per heavy atom. The van der Waals surface area contributed by atoms with Gasteiger partial charge in [-0.2, -0.15) is 4.98 Å². The van der Waals surface area contributed by atoms with Gasteiger partial charge < -0.3 is 30.5 Å². The molecule has 2 aliphatic heterocycles. The molecule has 2 aliphatic rings. The third-order valence-electron chi connectivity index (χ3n) is 4.60. The molecule has 0 fully saturated rings. The van der Waals surface area contributed by atoms with Crippen LogP contribution < -0.4 is 25.4 Å². The highest BCUT2D eigenvalue weighted by atomic mass is 35.5. The second-order valence-corrected chi connectivity index (χ2v) is 7.07. The summed E-state index contributed by atoms with van der Waals surface area (Å²) in [4.78, 5) is 8.97. The van der Waals surface area contributed by atoms with Crippen LogP contribution in [0.4, 0.5) is 17.3 Å². The van der Waals surface area contributed by atoms with Crippen molar-refractivity contribution in [2.24, 2.45) is 0 Å². The average molecular weight is 404 g/mol. The number of nitrogens with one attached hydrogen (secondary N) is 3. The van der Waals surface area contributed by atoms with E-state index in [1.807, 2.05) is 32.2 Å². The van der Waals surface area contributed by atoms with E-state index in [1.165, 1.54) is 0 Å². The number of fused-ring (bicyclic) bond motifs is 1. The first-order valence-electron chi connectivity index (χ1n) is 9.06.